The lowest BCUT2D eigenvalue weighted by Gasteiger charge is -2.07. The highest BCUT2D eigenvalue weighted by Gasteiger charge is 2.09. The number of nitrogens with zero attached hydrogens (tertiary/aromatic N) is 3. The summed E-state index contributed by atoms with van der Waals surface area (Å²) >= 11 is 0. The molecule has 0 spiro atoms. The smallest absolute Gasteiger partial charge is 0.0945 e. The van der Waals surface area contributed by atoms with Crippen molar-refractivity contribution < 1.29 is 0 Å². The molecule has 3 aromatic rings. The van der Waals surface area contributed by atoms with Gasteiger partial charge in [0.25, 0.3) is 0 Å². The fourth-order valence-corrected chi connectivity index (χ4v) is 1.99. The topological polar surface area (TPSA) is 56.7 Å². The molecule has 0 amide bonds. The predicted octanol–water partition coefficient (Wildman–Crippen LogP) is 2.82. The van der Waals surface area contributed by atoms with Gasteiger partial charge >= 0.3 is 0 Å². The Labute approximate surface area is 111 Å². The SMILES string of the molecule is Cc1ccc(-c2cnnn2-c2ccccc2)cc1N. The highest BCUT2D eigenvalue weighted by atomic mass is 15.4. The maximum Gasteiger partial charge on any atom is 0.0945 e. The average Bonchev–Trinajstić information content (AvgIpc) is 2.92. The number of anilines is 1. The molecule has 0 bridgehead atoms. The molecule has 4 nitrogen and oxygen atoms in total. The third kappa shape index (κ3) is 2.08. The van der Waals surface area contributed by atoms with Crippen LogP contribution in [0.4, 0.5) is 5.69 Å². The van der Waals surface area contributed by atoms with E-state index in [0.717, 1.165) is 28.2 Å². The molecule has 1 heterocycles. The van der Waals surface area contributed by atoms with Crippen LogP contribution in [0.1, 0.15) is 5.56 Å². The number of aryl methyl sites for hydroxylation is 1. The van der Waals surface area contributed by atoms with E-state index < -0.39 is 0 Å². The first-order valence-electron chi connectivity index (χ1n) is 6.08. The molecule has 2 aromatic carbocycles. The predicted molar refractivity (Wildman–Crippen MR) is 75.9 cm³/mol. The highest BCUT2D eigenvalue weighted by Crippen LogP contribution is 2.24. The van der Waals surface area contributed by atoms with E-state index in [-0.39, 0.29) is 0 Å². The molecule has 94 valence electrons. The van der Waals surface area contributed by atoms with Crippen molar-refractivity contribution in [1.29, 1.82) is 0 Å². The number of rotatable bonds is 2. The fourth-order valence-electron chi connectivity index (χ4n) is 1.99. The number of hydrogen-bond donors (Lipinski definition) is 1. The maximum absolute atomic E-state index is 5.97. The van der Waals surface area contributed by atoms with Gasteiger partial charge in [-0.05, 0) is 30.7 Å². The van der Waals surface area contributed by atoms with Crippen molar-refractivity contribution in [3.05, 3.63) is 60.3 Å². The Bertz CT molecular complexity index is 701. The molecule has 0 aliphatic carbocycles. The summed E-state index contributed by atoms with van der Waals surface area (Å²) in [5.74, 6) is 0. The van der Waals surface area contributed by atoms with Gasteiger partial charge in [0.2, 0.25) is 0 Å². The fraction of sp³-hybridized carbons (Fsp3) is 0.0667. The largest absolute Gasteiger partial charge is 0.398 e. The van der Waals surface area contributed by atoms with Crippen molar-refractivity contribution in [3.8, 4) is 16.9 Å². The summed E-state index contributed by atoms with van der Waals surface area (Å²) in [6.45, 7) is 1.99. The highest BCUT2D eigenvalue weighted by molar-refractivity contribution is 5.67. The molecule has 3 rings (SSSR count). The number of hydrogen-bond acceptors (Lipinski definition) is 3. The van der Waals surface area contributed by atoms with E-state index in [1.807, 2.05) is 60.1 Å². The van der Waals surface area contributed by atoms with Gasteiger partial charge in [0.1, 0.15) is 0 Å². The van der Waals surface area contributed by atoms with E-state index in [2.05, 4.69) is 10.3 Å². The zero-order valence-corrected chi connectivity index (χ0v) is 10.6. The summed E-state index contributed by atoms with van der Waals surface area (Å²) in [4.78, 5) is 0. The van der Waals surface area contributed by atoms with Crippen molar-refractivity contribution in [3.63, 3.8) is 0 Å². The van der Waals surface area contributed by atoms with Gasteiger partial charge in [-0.3, -0.25) is 0 Å². The molecule has 0 atom stereocenters. The summed E-state index contributed by atoms with van der Waals surface area (Å²) in [7, 11) is 0. The number of benzene rings is 2. The summed E-state index contributed by atoms with van der Waals surface area (Å²) in [6.07, 6.45) is 1.75. The molecular formula is C15H14N4. The molecule has 0 fully saturated rings. The number of aromatic nitrogens is 3. The minimum Gasteiger partial charge on any atom is -0.398 e. The molecule has 0 radical (unpaired) electrons. The van der Waals surface area contributed by atoms with Crippen molar-refractivity contribution >= 4 is 5.69 Å². The second kappa shape index (κ2) is 4.57. The first kappa shape index (κ1) is 11.5. The van der Waals surface area contributed by atoms with Gasteiger partial charge < -0.3 is 5.73 Å². The van der Waals surface area contributed by atoms with Crippen LogP contribution < -0.4 is 5.73 Å². The number of nitrogen functional groups attached to an aromatic ring is 1. The van der Waals surface area contributed by atoms with Gasteiger partial charge in [0.15, 0.2) is 0 Å². The van der Waals surface area contributed by atoms with Crippen LogP contribution in [0.3, 0.4) is 0 Å². The van der Waals surface area contributed by atoms with Gasteiger partial charge in [-0.1, -0.05) is 35.5 Å². The number of nitrogens with two attached hydrogens (primary N) is 1. The van der Waals surface area contributed by atoms with Crippen LogP contribution in [-0.4, -0.2) is 15.0 Å². The Morgan fingerprint density at radius 2 is 1.84 bits per heavy atom. The van der Waals surface area contributed by atoms with Gasteiger partial charge in [-0.2, -0.15) is 0 Å². The average molecular weight is 250 g/mol. The van der Waals surface area contributed by atoms with Gasteiger partial charge in [-0.25, -0.2) is 4.68 Å². The zero-order chi connectivity index (χ0) is 13.2. The third-order valence-corrected chi connectivity index (χ3v) is 3.13. The summed E-state index contributed by atoms with van der Waals surface area (Å²) in [5.41, 5.74) is 10.7. The van der Waals surface area contributed by atoms with E-state index in [1.54, 1.807) is 6.20 Å². The van der Waals surface area contributed by atoms with E-state index in [0.29, 0.717) is 0 Å². The second-order valence-electron chi connectivity index (χ2n) is 4.44. The van der Waals surface area contributed by atoms with Gasteiger partial charge in [-0.15, -0.1) is 5.10 Å². The third-order valence-electron chi connectivity index (χ3n) is 3.13. The molecule has 2 N–H and O–H groups in total. The van der Waals surface area contributed by atoms with E-state index in [1.165, 1.54) is 0 Å². The van der Waals surface area contributed by atoms with Crippen LogP contribution in [0.25, 0.3) is 16.9 Å². The van der Waals surface area contributed by atoms with Crippen LogP contribution in [0.5, 0.6) is 0 Å². The van der Waals surface area contributed by atoms with Crippen molar-refractivity contribution in [2.75, 3.05) is 5.73 Å². The molecular weight excluding hydrogens is 236 g/mol. The Balaban J connectivity index is 2.12. The lowest BCUT2D eigenvalue weighted by molar-refractivity contribution is 0.808. The minimum absolute atomic E-state index is 0.776. The lowest BCUT2D eigenvalue weighted by atomic mass is 10.1. The van der Waals surface area contributed by atoms with Crippen molar-refractivity contribution in [2.45, 2.75) is 6.92 Å². The molecule has 19 heavy (non-hydrogen) atoms. The second-order valence-corrected chi connectivity index (χ2v) is 4.44. The summed E-state index contributed by atoms with van der Waals surface area (Å²) in [6, 6.07) is 15.9. The Hall–Kier alpha value is -2.62. The van der Waals surface area contributed by atoms with Crippen LogP contribution in [-0.2, 0) is 0 Å². The normalized spacial score (nSPS) is 10.6. The molecule has 1 aromatic heterocycles. The quantitative estimate of drug-likeness (QED) is 0.711. The molecule has 0 saturated heterocycles. The minimum atomic E-state index is 0.776. The van der Waals surface area contributed by atoms with Gasteiger partial charge in [0, 0.05) is 11.3 Å². The lowest BCUT2D eigenvalue weighted by Crippen LogP contribution is -1.99. The standard InChI is InChI=1S/C15H14N4/c1-11-7-8-12(9-14(11)16)15-10-17-18-19(15)13-5-3-2-4-6-13/h2-10H,16H2,1H3. The molecule has 4 heteroatoms. The first-order valence-corrected chi connectivity index (χ1v) is 6.08. The monoisotopic (exact) mass is 250 g/mol. The van der Waals surface area contributed by atoms with Crippen LogP contribution >= 0.6 is 0 Å². The van der Waals surface area contributed by atoms with Crippen LogP contribution in [0.2, 0.25) is 0 Å². The van der Waals surface area contributed by atoms with Crippen LogP contribution in [0.15, 0.2) is 54.7 Å². The van der Waals surface area contributed by atoms with E-state index in [9.17, 15) is 0 Å². The van der Waals surface area contributed by atoms with E-state index in [4.69, 9.17) is 5.73 Å². The Morgan fingerprint density at radius 3 is 2.58 bits per heavy atom. The van der Waals surface area contributed by atoms with Crippen molar-refractivity contribution in [2.24, 2.45) is 0 Å². The molecule has 0 aliphatic rings. The van der Waals surface area contributed by atoms with Crippen molar-refractivity contribution in [1.82, 2.24) is 15.0 Å². The molecule has 0 aliphatic heterocycles. The Kier molecular flexibility index (Phi) is 2.76. The molecule has 0 unspecified atom stereocenters. The van der Waals surface area contributed by atoms with Gasteiger partial charge in [0.05, 0.1) is 17.6 Å². The molecule has 0 saturated carbocycles. The number of para-hydroxylation sites is 1. The zero-order valence-electron chi connectivity index (χ0n) is 10.6. The maximum atomic E-state index is 5.97. The summed E-state index contributed by atoms with van der Waals surface area (Å²) in [5, 5.41) is 8.14. The van der Waals surface area contributed by atoms with E-state index >= 15 is 0 Å². The Morgan fingerprint density at radius 1 is 1.05 bits per heavy atom. The summed E-state index contributed by atoms with van der Waals surface area (Å²) < 4.78 is 1.81. The first-order chi connectivity index (χ1) is 9.25. The van der Waals surface area contributed by atoms with Crippen LogP contribution in [0, 0.1) is 6.92 Å².